The zero-order valence-corrected chi connectivity index (χ0v) is 17.7. The van der Waals surface area contributed by atoms with Gasteiger partial charge in [-0.05, 0) is 38.5 Å². The van der Waals surface area contributed by atoms with Gasteiger partial charge in [-0.15, -0.1) is 0 Å². The molecule has 0 radical (unpaired) electrons. The SMILES string of the molecule is COc1cccc(Cc2nc3c(c(=O)[nH]2)CN(CC(O)COC(C)(C)C)CC3)c1. The van der Waals surface area contributed by atoms with Crippen LogP contribution >= 0.6 is 0 Å². The molecule has 1 aliphatic rings. The van der Waals surface area contributed by atoms with Gasteiger partial charge < -0.3 is 19.6 Å². The van der Waals surface area contributed by atoms with Crippen molar-refractivity contribution >= 4 is 0 Å². The van der Waals surface area contributed by atoms with Crippen molar-refractivity contribution in [3.63, 3.8) is 0 Å². The molecule has 0 spiro atoms. The summed E-state index contributed by atoms with van der Waals surface area (Å²) in [6.45, 7) is 7.89. The Morgan fingerprint density at radius 3 is 2.86 bits per heavy atom. The van der Waals surface area contributed by atoms with Crippen molar-refractivity contribution in [2.24, 2.45) is 0 Å². The van der Waals surface area contributed by atoms with Gasteiger partial charge in [-0.3, -0.25) is 9.69 Å². The monoisotopic (exact) mass is 401 g/mol. The molecule has 0 saturated carbocycles. The fraction of sp³-hybridized carbons (Fsp3) is 0.545. The smallest absolute Gasteiger partial charge is 0.255 e. The van der Waals surface area contributed by atoms with Crippen molar-refractivity contribution in [3.05, 3.63) is 57.3 Å². The number of aromatic amines is 1. The summed E-state index contributed by atoms with van der Waals surface area (Å²) in [5, 5.41) is 10.3. The molecule has 7 heteroatoms. The fourth-order valence-electron chi connectivity index (χ4n) is 3.44. The molecule has 0 bridgehead atoms. The Bertz CT molecular complexity index is 888. The average molecular weight is 402 g/mol. The van der Waals surface area contributed by atoms with E-state index in [1.807, 2.05) is 45.0 Å². The Morgan fingerprint density at radius 1 is 1.34 bits per heavy atom. The number of methoxy groups -OCH3 is 1. The Balaban J connectivity index is 1.65. The van der Waals surface area contributed by atoms with E-state index in [4.69, 9.17) is 14.5 Å². The van der Waals surface area contributed by atoms with Gasteiger partial charge in [-0.2, -0.15) is 0 Å². The van der Waals surface area contributed by atoms with E-state index in [-0.39, 0.29) is 17.8 Å². The van der Waals surface area contributed by atoms with Crippen LogP contribution in [0.4, 0.5) is 0 Å². The summed E-state index contributed by atoms with van der Waals surface area (Å²) in [4.78, 5) is 22.3. The molecule has 3 rings (SSSR count). The van der Waals surface area contributed by atoms with E-state index in [0.717, 1.165) is 23.6 Å². The molecule has 1 aromatic heterocycles. The number of rotatable bonds is 7. The van der Waals surface area contributed by atoms with Gasteiger partial charge in [0.05, 0.1) is 36.7 Å². The Morgan fingerprint density at radius 2 is 2.14 bits per heavy atom. The average Bonchev–Trinajstić information content (AvgIpc) is 2.66. The van der Waals surface area contributed by atoms with Gasteiger partial charge in [0.2, 0.25) is 0 Å². The van der Waals surface area contributed by atoms with E-state index in [1.54, 1.807) is 7.11 Å². The van der Waals surface area contributed by atoms with Crippen LogP contribution in [0.2, 0.25) is 0 Å². The lowest BCUT2D eigenvalue weighted by atomic mass is 10.1. The van der Waals surface area contributed by atoms with Crippen LogP contribution in [-0.4, -0.2) is 58.5 Å². The first-order chi connectivity index (χ1) is 13.7. The van der Waals surface area contributed by atoms with Crippen LogP contribution < -0.4 is 10.3 Å². The molecule has 0 amide bonds. The van der Waals surface area contributed by atoms with E-state index >= 15 is 0 Å². The number of H-pyrrole nitrogens is 1. The number of benzene rings is 1. The third kappa shape index (κ3) is 6.13. The lowest BCUT2D eigenvalue weighted by Crippen LogP contribution is -2.42. The van der Waals surface area contributed by atoms with Crippen LogP contribution in [0, 0.1) is 0 Å². The third-order valence-corrected chi connectivity index (χ3v) is 4.88. The van der Waals surface area contributed by atoms with Gasteiger partial charge in [0, 0.05) is 32.5 Å². The lowest BCUT2D eigenvalue weighted by molar-refractivity contribution is -0.0570. The summed E-state index contributed by atoms with van der Waals surface area (Å²) in [6.07, 6.45) is 0.652. The van der Waals surface area contributed by atoms with Crippen molar-refractivity contribution in [2.75, 3.05) is 26.8 Å². The Labute approximate surface area is 171 Å². The molecule has 29 heavy (non-hydrogen) atoms. The molecule has 0 aliphatic carbocycles. The lowest BCUT2D eigenvalue weighted by Gasteiger charge is -2.30. The predicted molar refractivity (Wildman–Crippen MR) is 111 cm³/mol. The van der Waals surface area contributed by atoms with Crippen molar-refractivity contribution in [1.82, 2.24) is 14.9 Å². The molecular weight excluding hydrogens is 370 g/mol. The second-order valence-electron chi connectivity index (χ2n) is 8.53. The predicted octanol–water partition coefficient (Wildman–Crippen LogP) is 1.90. The van der Waals surface area contributed by atoms with Crippen LogP contribution in [0.5, 0.6) is 5.75 Å². The van der Waals surface area contributed by atoms with Crippen molar-refractivity contribution < 1.29 is 14.6 Å². The highest BCUT2D eigenvalue weighted by Crippen LogP contribution is 2.17. The largest absolute Gasteiger partial charge is 0.497 e. The zero-order valence-electron chi connectivity index (χ0n) is 17.7. The van der Waals surface area contributed by atoms with Crippen LogP contribution in [-0.2, 0) is 24.1 Å². The summed E-state index contributed by atoms with van der Waals surface area (Å²) < 4.78 is 10.9. The molecule has 1 atom stereocenters. The first-order valence-electron chi connectivity index (χ1n) is 10.0. The van der Waals surface area contributed by atoms with E-state index < -0.39 is 6.10 Å². The molecule has 2 heterocycles. The number of fused-ring (bicyclic) bond motifs is 1. The molecule has 1 unspecified atom stereocenters. The van der Waals surface area contributed by atoms with Gasteiger partial charge in [0.25, 0.3) is 5.56 Å². The van der Waals surface area contributed by atoms with Crippen molar-refractivity contribution in [1.29, 1.82) is 0 Å². The maximum Gasteiger partial charge on any atom is 0.255 e. The summed E-state index contributed by atoms with van der Waals surface area (Å²) in [7, 11) is 1.63. The van der Waals surface area contributed by atoms with Crippen LogP contribution in [0.1, 0.15) is 43.4 Å². The highest BCUT2D eigenvalue weighted by Gasteiger charge is 2.23. The van der Waals surface area contributed by atoms with Crippen LogP contribution in [0.3, 0.4) is 0 Å². The molecule has 7 nitrogen and oxygen atoms in total. The molecule has 1 aliphatic heterocycles. The number of aromatic nitrogens is 2. The molecule has 0 saturated heterocycles. The van der Waals surface area contributed by atoms with Gasteiger partial charge in [0.15, 0.2) is 0 Å². The normalized spacial score (nSPS) is 15.8. The summed E-state index contributed by atoms with van der Waals surface area (Å²) in [5.41, 5.74) is 2.19. The van der Waals surface area contributed by atoms with Gasteiger partial charge in [0.1, 0.15) is 11.6 Å². The molecular formula is C22H31N3O4. The maximum atomic E-state index is 12.7. The van der Waals surface area contributed by atoms with E-state index in [1.165, 1.54) is 0 Å². The number of β-amino-alcohol motifs (C(OH)–C–C–N with tert-alkyl or cyclic N) is 1. The number of nitrogens with one attached hydrogen (secondary N) is 1. The number of nitrogens with zero attached hydrogens (tertiary/aromatic N) is 2. The van der Waals surface area contributed by atoms with E-state index in [2.05, 4.69) is 9.88 Å². The Kier molecular flexibility index (Phi) is 6.72. The highest BCUT2D eigenvalue weighted by atomic mass is 16.5. The van der Waals surface area contributed by atoms with Gasteiger partial charge in [-0.25, -0.2) is 4.98 Å². The Hall–Kier alpha value is -2.22. The maximum absolute atomic E-state index is 12.7. The van der Waals surface area contributed by atoms with E-state index in [0.29, 0.717) is 37.3 Å². The summed E-state index contributed by atoms with van der Waals surface area (Å²) in [6, 6.07) is 7.76. The minimum Gasteiger partial charge on any atom is -0.497 e. The number of hydrogen-bond donors (Lipinski definition) is 2. The fourth-order valence-corrected chi connectivity index (χ4v) is 3.44. The number of hydrogen-bond acceptors (Lipinski definition) is 6. The molecule has 158 valence electrons. The second-order valence-corrected chi connectivity index (χ2v) is 8.53. The summed E-state index contributed by atoms with van der Waals surface area (Å²) >= 11 is 0. The topological polar surface area (TPSA) is 87.7 Å². The van der Waals surface area contributed by atoms with Gasteiger partial charge >= 0.3 is 0 Å². The molecule has 0 fully saturated rings. The zero-order chi connectivity index (χ0) is 21.0. The van der Waals surface area contributed by atoms with Gasteiger partial charge in [-0.1, -0.05) is 12.1 Å². The number of aliphatic hydroxyl groups excluding tert-OH is 1. The van der Waals surface area contributed by atoms with Crippen molar-refractivity contribution in [3.8, 4) is 5.75 Å². The van der Waals surface area contributed by atoms with Crippen LogP contribution in [0.15, 0.2) is 29.1 Å². The second kappa shape index (κ2) is 9.07. The van der Waals surface area contributed by atoms with Crippen molar-refractivity contribution in [2.45, 2.75) is 51.9 Å². The minimum absolute atomic E-state index is 0.0990. The standard InChI is InChI=1S/C22H31N3O4/c1-22(2,3)29-14-16(26)12-25-9-8-19-18(13-25)21(27)24-20(23-19)11-15-6-5-7-17(10-15)28-4/h5-7,10,16,26H,8-9,11-14H2,1-4H3,(H,23,24,27). The van der Waals surface area contributed by atoms with Crippen LogP contribution in [0.25, 0.3) is 0 Å². The number of aliphatic hydroxyl groups is 1. The summed E-state index contributed by atoms with van der Waals surface area (Å²) in [5.74, 6) is 1.45. The minimum atomic E-state index is -0.588. The first kappa shape index (κ1) is 21.5. The third-order valence-electron chi connectivity index (χ3n) is 4.88. The van der Waals surface area contributed by atoms with E-state index in [9.17, 15) is 9.90 Å². The molecule has 2 N–H and O–H groups in total. The highest BCUT2D eigenvalue weighted by molar-refractivity contribution is 5.31. The molecule has 2 aromatic rings. The molecule has 1 aromatic carbocycles. The quantitative estimate of drug-likeness (QED) is 0.737. The number of ether oxygens (including phenoxy) is 2. The first-order valence-corrected chi connectivity index (χ1v) is 10.0.